The van der Waals surface area contributed by atoms with Gasteiger partial charge in [-0.05, 0) is 52.7 Å². The molecule has 0 heterocycles. The number of aliphatic hydroxyl groups excluding tert-OH is 1. The van der Waals surface area contributed by atoms with Crippen molar-refractivity contribution in [2.24, 2.45) is 16.2 Å². The molecule has 0 bridgehead atoms. The highest BCUT2D eigenvalue weighted by molar-refractivity contribution is 7.53. The van der Waals surface area contributed by atoms with Gasteiger partial charge in [0.15, 0.2) is 0 Å². The van der Waals surface area contributed by atoms with Crippen molar-refractivity contribution in [3.05, 3.63) is 42.7 Å². The van der Waals surface area contributed by atoms with Crippen molar-refractivity contribution in [1.82, 2.24) is 0 Å². The molecule has 3 atom stereocenters. The largest absolute Gasteiger partial charge is 0.501 e. The zero-order chi connectivity index (χ0) is 31.5. The van der Waals surface area contributed by atoms with Gasteiger partial charge in [-0.25, -0.2) is 9.36 Å². The van der Waals surface area contributed by atoms with Gasteiger partial charge < -0.3 is 28.6 Å². The van der Waals surface area contributed by atoms with Crippen LogP contribution in [0.3, 0.4) is 0 Å². The van der Waals surface area contributed by atoms with E-state index in [-0.39, 0.29) is 39.3 Å². The summed E-state index contributed by atoms with van der Waals surface area (Å²) in [6.45, 7) is 14.4. The fourth-order valence-corrected chi connectivity index (χ4v) is 5.37. The maximum Gasteiger partial charge on any atom is 0.376 e. The number of methoxy groups -OCH3 is 1. The van der Waals surface area contributed by atoms with E-state index in [2.05, 4.69) is 6.58 Å². The Labute approximate surface area is 243 Å². The molecule has 1 aromatic carbocycles. The Morgan fingerprint density at radius 1 is 0.878 bits per heavy atom. The van der Waals surface area contributed by atoms with Crippen molar-refractivity contribution < 1.29 is 52.1 Å². The van der Waals surface area contributed by atoms with Crippen LogP contribution in [-0.4, -0.2) is 69.3 Å². The molecular weight excluding hydrogens is 555 g/mol. The summed E-state index contributed by atoms with van der Waals surface area (Å²) in [4.78, 5) is 37.8. The van der Waals surface area contributed by atoms with E-state index < -0.39 is 47.9 Å². The van der Waals surface area contributed by atoms with Gasteiger partial charge in [0.1, 0.15) is 31.7 Å². The van der Waals surface area contributed by atoms with Gasteiger partial charge in [-0.1, -0.05) is 38.6 Å². The van der Waals surface area contributed by atoms with Crippen molar-refractivity contribution in [2.75, 3.05) is 40.2 Å². The zero-order valence-electron chi connectivity index (χ0n) is 25.4. The molecule has 0 saturated carbocycles. The standard InChI is InChI=1S/C29H45O11P/c1-21(30)24(31)36-15-16-37-25(32)28(5,6)20-29(7,19-27(3,4)22(2)35-8)26(33)38-17-18-39-41(9,34)40-23-13-11-10-12-14-23/h10-14,21,30H,2,15-20H2,1,3-9H3. The molecule has 1 rings (SSSR count). The first-order valence-corrected chi connectivity index (χ1v) is 15.2. The average Bonchev–Trinajstić information content (AvgIpc) is 2.87. The summed E-state index contributed by atoms with van der Waals surface area (Å²) >= 11 is 0. The first-order chi connectivity index (χ1) is 18.8. The Hall–Kier alpha value is -2.88. The minimum atomic E-state index is -3.46. The Balaban J connectivity index is 2.91. The molecule has 1 aromatic rings. The van der Waals surface area contributed by atoms with Crippen molar-refractivity contribution in [3.8, 4) is 5.75 Å². The number of benzene rings is 1. The molecule has 0 amide bonds. The maximum absolute atomic E-state index is 13.5. The number of allylic oxidation sites excluding steroid dienone is 1. The van der Waals surface area contributed by atoms with E-state index in [1.54, 1.807) is 51.1 Å². The Morgan fingerprint density at radius 2 is 1.39 bits per heavy atom. The highest BCUT2D eigenvalue weighted by atomic mass is 31.2. The number of ether oxygens (including phenoxy) is 4. The molecule has 11 nitrogen and oxygen atoms in total. The molecule has 41 heavy (non-hydrogen) atoms. The molecule has 0 saturated heterocycles. The van der Waals surface area contributed by atoms with Gasteiger partial charge in [-0.2, -0.15) is 0 Å². The average molecular weight is 601 g/mol. The Bertz CT molecular complexity index is 1080. The number of hydrogen-bond donors (Lipinski definition) is 1. The normalized spacial score (nSPS) is 15.4. The van der Waals surface area contributed by atoms with Gasteiger partial charge in [0, 0.05) is 12.1 Å². The SMILES string of the molecule is C=C(OC)C(C)(C)CC(C)(CC(C)(C)C(=O)OCCOC(=O)C(C)O)C(=O)OCCOP(C)(=O)Oc1ccccc1. The zero-order valence-corrected chi connectivity index (χ0v) is 26.3. The van der Waals surface area contributed by atoms with E-state index in [1.807, 2.05) is 13.8 Å². The summed E-state index contributed by atoms with van der Waals surface area (Å²) in [7, 11) is -1.97. The topological polar surface area (TPSA) is 144 Å². The monoisotopic (exact) mass is 600 g/mol. The van der Waals surface area contributed by atoms with Crippen LogP contribution in [0.2, 0.25) is 0 Å². The second kappa shape index (κ2) is 15.4. The number of para-hydroxylation sites is 1. The third-order valence-corrected chi connectivity index (χ3v) is 7.46. The van der Waals surface area contributed by atoms with Crippen LogP contribution in [0.15, 0.2) is 42.7 Å². The minimum absolute atomic E-state index is 0.0375. The second-order valence-electron chi connectivity index (χ2n) is 11.4. The minimum Gasteiger partial charge on any atom is -0.501 e. The predicted molar refractivity (Wildman–Crippen MR) is 152 cm³/mol. The van der Waals surface area contributed by atoms with Crippen molar-refractivity contribution in [3.63, 3.8) is 0 Å². The van der Waals surface area contributed by atoms with Gasteiger partial charge in [-0.15, -0.1) is 0 Å². The highest BCUT2D eigenvalue weighted by Gasteiger charge is 2.47. The summed E-state index contributed by atoms with van der Waals surface area (Å²) in [6, 6.07) is 8.57. The van der Waals surface area contributed by atoms with Gasteiger partial charge in [0.2, 0.25) is 0 Å². The van der Waals surface area contributed by atoms with Gasteiger partial charge in [-0.3, -0.25) is 14.1 Å². The number of esters is 3. The van der Waals surface area contributed by atoms with Crippen LogP contribution in [0, 0.1) is 16.2 Å². The van der Waals surface area contributed by atoms with E-state index in [9.17, 15) is 24.1 Å². The summed E-state index contributed by atoms with van der Waals surface area (Å²) in [6.07, 6.45) is -1.03. The molecule has 232 valence electrons. The Kier molecular flexibility index (Phi) is 13.6. The molecule has 0 spiro atoms. The number of aliphatic hydroxyl groups is 1. The van der Waals surface area contributed by atoms with E-state index in [4.69, 9.17) is 28.0 Å². The number of carbonyl (C=O) groups is 3. The van der Waals surface area contributed by atoms with Gasteiger partial charge in [0.05, 0.1) is 30.3 Å². The van der Waals surface area contributed by atoms with Crippen molar-refractivity contribution in [2.45, 2.75) is 60.5 Å². The second-order valence-corrected chi connectivity index (χ2v) is 13.4. The van der Waals surface area contributed by atoms with Crippen LogP contribution in [0.4, 0.5) is 0 Å². The van der Waals surface area contributed by atoms with Gasteiger partial charge >= 0.3 is 25.5 Å². The third-order valence-electron chi connectivity index (χ3n) is 6.27. The number of carbonyl (C=O) groups excluding carboxylic acids is 3. The van der Waals surface area contributed by atoms with Gasteiger partial charge in [0.25, 0.3) is 0 Å². The summed E-state index contributed by atoms with van der Waals surface area (Å²) < 4.78 is 44.4. The van der Waals surface area contributed by atoms with Crippen molar-refractivity contribution in [1.29, 1.82) is 0 Å². The predicted octanol–water partition coefficient (Wildman–Crippen LogP) is 4.91. The maximum atomic E-state index is 13.5. The van der Waals surface area contributed by atoms with E-state index in [1.165, 1.54) is 20.7 Å². The number of rotatable bonds is 18. The fraction of sp³-hybridized carbons (Fsp3) is 0.621. The van der Waals surface area contributed by atoms with Crippen LogP contribution < -0.4 is 4.52 Å². The molecular formula is C29H45O11P. The first-order valence-electron chi connectivity index (χ1n) is 13.2. The van der Waals surface area contributed by atoms with Crippen LogP contribution in [0.1, 0.15) is 54.4 Å². The van der Waals surface area contributed by atoms with Crippen LogP contribution in [0.25, 0.3) is 0 Å². The summed E-state index contributed by atoms with van der Waals surface area (Å²) in [5.74, 6) is -1.20. The molecule has 0 fully saturated rings. The quantitative estimate of drug-likeness (QED) is 0.0806. The van der Waals surface area contributed by atoms with E-state index in [0.29, 0.717) is 11.5 Å². The molecule has 0 aromatic heterocycles. The first kappa shape index (κ1) is 36.1. The lowest BCUT2D eigenvalue weighted by Gasteiger charge is -2.39. The number of hydrogen-bond acceptors (Lipinski definition) is 11. The molecule has 1 N–H and O–H groups in total. The smallest absolute Gasteiger partial charge is 0.376 e. The molecule has 0 aliphatic heterocycles. The lowest BCUT2D eigenvalue weighted by Crippen LogP contribution is -2.42. The molecule has 0 radical (unpaired) electrons. The summed E-state index contributed by atoms with van der Waals surface area (Å²) in [5, 5.41) is 9.20. The molecule has 0 aliphatic carbocycles. The van der Waals surface area contributed by atoms with Crippen molar-refractivity contribution >= 4 is 25.5 Å². The van der Waals surface area contributed by atoms with Crippen LogP contribution in [0.5, 0.6) is 5.75 Å². The molecule has 3 unspecified atom stereocenters. The van der Waals surface area contributed by atoms with E-state index >= 15 is 0 Å². The lowest BCUT2D eigenvalue weighted by molar-refractivity contribution is -0.168. The van der Waals surface area contributed by atoms with E-state index in [0.717, 1.165) is 0 Å². The molecule has 12 heteroatoms. The highest BCUT2D eigenvalue weighted by Crippen LogP contribution is 2.47. The fourth-order valence-electron chi connectivity index (χ4n) is 4.41. The van der Waals surface area contributed by atoms with Crippen LogP contribution >= 0.6 is 7.60 Å². The van der Waals surface area contributed by atoms with Crippen LogP contribution in [-0.2, 0) is 42.4 Å². The molecule has 0 aliphatic rings. The third kappa shape index (κ3) is 12.3. The Morgan fingerprint density at radius 3 is 1.95 bits per heavy atom. The lowest BCUT2D eigenvalue weighted by atomic mass is 9.66. The summed E-state index contributed by atoms with van der Waals surface area (Å²) in [5.41, 5.74) is -3.02.